The van der Waals surface area contributed by atoms with Gasteiger partial charge in [0.1, 0.15) is 13.2 Å². The van der Waals surface area contributed by atoms with E-state index in [1.54, 1.807) is 0 Å². The lowest BCUT2D eigenvalue weighted by Crippen LogP contribution is -2.30. The predicted molar refractivity (Wildman–Crippen MR) is 352 cm³/mol. The van der Waals surface area contributed by atoms with E-state index < -0.39 is 6.10 Å². The van der Waals surface area contributed by atoms with Gasteiger partial charge in [0.2, 0.25) is 0 Å². The van der Waals surface area contributed by atoms with E-state index in [0.717, 1.165) is 186 Å². The lowest BCUT2D eigenvalue weighted by Gasteiger charge is -2.18. The van der Waals surface area contributed by atoms with E-state index >= 15 is 0 Å². The van der Waals surface area contributed by atoms with Gasteiger partial charge in [0.15, 0.2) is 6.10 Å². The van der Waals surface area contributed by atoms with Crippen LogP contribution in [0.25, 0.3) is 0 Å². The second-order valence-electron chi connectivity index (χ2n) is 20.9. The van der Waals surface area contributed by atoms with Crippen LogP contribution < -0.4 is 0 Å². The highest BCUT2D eigenvalue weighted by atomic mass is 16.6. The van der Waals surface area contributed by atoms with Gasteiger partial charge in [0.25, 0.3) is 0 Å². The molecule has 0 fully saturated rings. The molecule has 0 bridgehead atoms. The van der Waals surface area contributed by atoms with Crippen LogP contribution in [0, 0.1) is 0 Å². The van der Waals surface area contributed by atoms with Crippen LogP contribution in [0.2, 0.25) is 0 Å². The molecule has 0 rings (SSSR count). The molecule has 454 valence electrons. The summed E-state index contributed by atoms with van der Waals surface area (Å²) in [7, 11) is 0. The van der Waals surface area contributed by atoms with E-state index in [4.69, 9.17) is 14.2 Å². The maximum Gasteiger partial charge on any atom is 0.306 e. The highest BCUT2D eigenvalue weighted by Gasteiger charge is 2.19. The number of hydrogen-bond acceptors (Lipinski definition) is 6. The average Bonchev–Trinajstić information content (AvgIpc) is 3.47. The first-order chi connectivity index (χ1) is 40.0. The standard InChI is InChI=1S/C75H118O6/c1-4-7-10-13-16-19-22-25-28-31-33-35-36-37-38-40-41-44-47-50-53-56-59-62-65-68-74(77)80-71-72(70-79-73(76)67-64-61-58-55-52-49-46-43-30-27-24-21-18-15-12-9-6-3)81-75(78)69-66-63-60-57-54-51-48-45-42-39-34-32-29-26-23-20-17-14-11-8-5-2/h7-12,16-21,25-30,33-35,37-39,41,44-45,48,72H,4-6,13-15,22-24,31-32,36,40,42-43,46-47,49-71H2,1-3H3/b10-7-,11-8-,12-9-,19-16-,20-17-,21-18-,28-25-,29-26-,30-27-,35-33-,38-37-,39-34-,44-41-,48-45-. The first-order valence-corrected chi connectivity index (χ1v) is 32.6. The van der Waals surface area contributed by atoms with E-state index in [2.05, 4.69) is 191 Å². The van der Waals surface area contributed by atoms with Crippen LogP contribution in [-0.4, -0.2) is 37.2 Å². The number of rotatable bonds is 57. The minimum Gasteiger partial charge on any atom is -0.462 e. The average molecular weight is 1120 g/mol. The Bertz CT molecular complexity index is 1860. The van der Waals surface area contributed by atoms with Gasteiger partial charge < -0.3 is 14.2 Å². The summed E-state index contributed by atoms with van der Waals surface area (Å²) in [5.74, 6) is -0.950. The Morgan fingerprint density at radius 1 is 0.247 bits per heavy atom. The minimum absolute atomic E-state index is 0.104. The van der Waals surface area contributed by atoms with E-state index in [1.165, 1.54) is 38.5 Å². The fourth-order valence-electron chi connectivity index (χ4n) is 8.43. The zero-order valence-electron chi connectivity index (χ0n) is 52.0. The lowest BCUT2D eigenvalue weighted by atomic mass is 10.1. The molecular weight excluding hydrogens is 997 g/mol. The van der Waals surface area contributed by atoms with Gasteiger partial charge in [-0.2, -0.15) is 0 Å². The van der Waals surface area contributed by atoms with Crippen molar-refractivity contribution in [3.05, 3.63) is 170 Å². The topological polar surface area (TPSA) is 78.9 Å². The Kier molecular flexibility index (Phi) is 62.9. The van der Waals surface area contributed by atoms with E-state index in [0.29, 0.717) is 19.3 Å². The van der Waals surface area contributed by atoms with Crippen molar-refractivity contribution in [1.29, 1.82) is 0 Å². The van der Waals surface area contributed by atoms with Gasteiger partial charge in [-0.3, -0.25) is 14.4 Å². The second kappa shape index (κ2) is 67.3. The van der Waals surface area contributed by atoms with E-state index in [9.17, 15) is 14.4 Å². The molecule has 0 radical (unpaired) electrons. The number of carbonyl (C=O) groups excluding carboxylic acids is 3. The quantitative estimate of drug-likeness (QED) is 0.0261. The van der Waals surface area contributed by atoms with Gasteiger partial charge in [-0.25, -0.2) is 0 Å². The minimum atomic E-state index is -0.811. The zero-order chi connectivity index (χ0) is 58.5. The van der Waals surface area contributed by atoms with Crippen LogP contribution in [0.15, 0.2) is 170 Å². The molecule has 0 saturated carbocycles. The highest BCUT2D eigenvalue weighted by molar-refractivity contribution is 5.71. The molecule has 0 aliphatic rings. The van der Waals surface area contributed by atoms with E-state index in [1.807, 2.05) is 0 Å². The van der Waals surface area contributed by atoms with Gasteiger partial charge in [0.05, 0.1) is 0 Å². The maximum absolute atomic E-state index is 12.9. The Morgan fingerprint density at radius 3 is 0.691 bits per heavy atom. The monoisotopic (exact) mass is 1110 g/mol. The zero-order valence-corrected chi connectivity index (χ0v) is 52.0. The number of ether oxygens (including phenoxy) is 3. The third-order valence-electron chi connectivity index (χ3n) is 13.2. The van der Waals surface area contributed by atoms with Crippen LogP contribution in [0.5, 0.6) is 0 Å². The fourth-order valence-corrected chi connectivity index (χ4v) is 8.43. The Labute approximate surface area is 498 Å². The van der Waals surface area contributed by atoms with Crippen molar-refractivity contribution >= 4 is 17.9 Å². The maximum atomic E-state index is 12.9. The molecule has 81 heavy (non-hydrogen) atoms. The number of hydrogen-bond donors (Lipinski definition) is 0. The molecule has 1 atom stereocenters. The molecule has 0 amide bonds. The summed E-state index contributed by atoms with van der Waals surface area (Å²) in [6.07, 6.45) is 99.2. The SMILES string of the molecule is CC/C=C\C/C=C\C/C=C\C/C=C\C/C=C\C/C=C\CCCCCCCCC(=O)OCC(COC(=O)CCCCCCCCC/C=C\C/C=C\C/C=C\CC)OC(=O)CCCCCCC/C=C\C/C=C\C/C=C\C/C=C\C/C=C\CC. The molecule has 1 unspecified atom stereocenters. The smallest absolute Gasteiger partial charge is 0.306 e. The molecule has 0 aromatic rings. The summed E-state index contributed by atoms with van der Waals surface area (Å²) in [4.78, 5) is 38.4. The molecule has 6 heteroatoms. The van der Waals surface area contributed by atoms with Crippen LogP contribution in [0.1, 0.15) is 265 Å². The summed E-state index contributed by atoms with van der Waals surface area (Å²) in [6, 6.07) is 0. The van der Waals surface area contributed by atoms with Crippen LogP contribution in [0.3, 0.4) is 0 Å². The lowest BCUT2D eigenvalue weighted by molar-refractivity contribution is -0.167. The van der Waals surface area contributed by atoms with Gasteiger partial charge in [0, 0.05) is 19.3 Å². The first kappa shape index (κ1) is 75.8. The van der Waals surface area contributed by atoms with Crippen molar-refractivity contribution in [2.75, 3.05) is 13.2 Å². The number of carbonyl (C=O) groups is 3. The summed E-state index contributed by atoms with van der Waals surface area (Å²) in [5, 5.41) is 0. The normalized spacial score (nSPS) is 13.3. The van der Waals surface area contributed by atoms with Crippen molar-refractivity contribution in [3.63, 3.8) is 0 Å². The summed E-state index contributed by atoms with van der Waals surface area (Å²) in [6.45, 7) is 6.26. The summed E-state index contributed by atoms with van der Waals surface area (Å²) < 4.78 is 16.9. The molecule has 6 nitrogen and oxygen atoms in total. The number of unbranched alkanes of at least 4 members (excludes halogenated alkanes) is 18. The fraction of sp³-hybridized carbons (Fsp3) is 0.587. The summed E-state index contributed by atoms with van der Waals surface area (Å²) in [5.41, 5.74) is 0. The Balaban J connectivity index is 4.50. The molecule has 0 aliphatic carbocycles. The van der Waals surface area contributed by atoms with Gasteiger partial charge in [-0.15, -0.1) is 0 Å². The molecule has 0 heterocycles. The predicted octanol–water partition coefficient (Wildman–Crippen LogP) is 22.7. The van der Waals surface area contributed by atoms with Crippen molar-refractivity contribution in [3.8, 4) is 0 Å². The van der Waals surface area contributed by atoms with E-state index in [-0.39, 0.29) is 31.1 Å². The van der Waals surface area contributed by atoms with Gasteiger partial charge in [-0.1, -0.05) is 268 Å². The Morgan fingerprint density at radius 2 is 0.444 bits per heavy atom. The van der Waals surface area contributed by atoms with Crippen LogP contribution in [0.4, 0.5) is 0 Å². The molecule has 0 aliphatic heterocycles. The van der Waals surface area contributed by atoms with Gasteiger partial charge in [-0.05, 0) is 148 Å². The van der Waals surface area contributed by atoms with Crippen LogP contribution >= 0.6 is 0 Å². The third kappa shape index (κ3) is 65.5. The molecule has 0 aromatic heterocycles. The third-order valence-corrected chi connectivity index (χ3v) is 13.2. The highest BCUT2D eigenvalue weighted by Crippen LogP contribution is 2.14. The van der Waals surface area contributed by atoms with Crippen LogP contribution in [-0.2, 0) is 28.6 Å². The van der Waals surface area contributed by atoms with Gasteiger partial charge >= 0.3 is 17.9 Å². The molecule has 0 N–H and O–H groups in total. The second-order valence-corrected chi connectivity index (χ2v) is 20.9. The molecule has 0 aromatic carbocycles. The molecule has 0 saturated heterocycles. The first-order valence-electron chi connectivity index (χ1n) is 32.6. The van der Waals surface area contributed by atoms with Crippen molar-refractivity contribution in [2.24, 2.45) is 0 Å². The summed E-state index contributed by atoms with van der Waals surface area (Å²) >= 11 is 0. The largest absolute Gasteiger partial charge is 0.462 e. The number of esters is 3. The van der Waals surface area contributed by atoms with Crippen molar-refractivity contribution < 1.29 is 28.6 Å². The van der Waals surface area contributed by atoms with Crippen molar-refractivity contribution in [2.45, 2.75) is 271 Å². The molecule has 0 spiro atoms. The molecular formula is C75H118O6. The van der Waals surface area contributed by atoms with Crippen molar-refractivity contribution in [1.82, 2.24) is 0 Å². The number of allylic oxidation sites excluding steroid dienone is 28. The Hall–Kier alpha value is -5.23.